The molecular weight excluding hydrogens is 266 g/mol. The molecule has 90 valence electrons. The van der Waals surface area contributed by atoms with Crippen LogP contribution in [0.3, 0.4) is 0 Å². The van der Waals surface area contributed by atoms with Crippen LogP contribution >= 0.6 is 15.9 Å². The number of halogens is 1. The summed E-state index contributed by atoms with van der Waals surface area (Å²) < 4.78 is 2.98. The summed E-state index contributed by atoms with van der Waals surface area (Å²) in [6.07, 6.45) is 5.05. The highest BCUT2D eigenvalue weighted by atomic mass is 79.9. The van der Waals surface area contributed by atoms with E-state index in [9.17, 15) is 0 Å². The highest BCUT2D eigenvalue weighted by molar-refractivity contribution is 9.10. The Hall–Kier alpha value is -0.510. The van der Waals surface area contributed by atoms with Crippen molar-refractivity contribution in [1.82, 2.24) is 9.78 Å². The smallest absolute Gasteiger partial charge is 0.136 e. The van der Waals surface area contributed by atoms with Crippen molar-refractivity contribution < 1.29 is 0 Å². The summed E-state index contributed by atoms with van der Waals surface area (Å²) in [5, 5.41) is 4.57. The molecule has 2 N–H and O–H groups in total. The molecule has 0 bridgehead atoms. The minimum atomic E-state index is 0.296. The van der Waals surface area contributed by atoms with E-state index < -0.39 is 0 Å². The normalized spacial score (nSPS) is 24.6. The van der Waals surface area contributed by atoms with E-state index in [-0.39, 0.29) is 0 Å². The first-order chi connectivity index (χ1) is 7.43. The van der Waals surface area contributed by atoms with Crippen molar-refractivity contribution in [2.75, 3.05) is 5.73 Å². The molecule has 1 unspecified atom stereocenters. The van der Waals surface area contributed by atoms with E-state index in [1.807, 2.05) is 11.6 Å². The highest BCUT2D eigenvalue weighted by Gasteiger charge is 2.35. The van der Waals surface area contributed by atoms with Gasteiger partial charge in [0.15, 0.2) is 0 Å². The molecule has 1 aliphatic rings. The Kier molecular flexibility index (Phi) is 3.03. The van der Waals surface area contributed by atoms with Gasteiger partial charge in [0, 0.05) is 0 Å². The summed E-state index contributed by atoms with van der Waals surface area (Å²) in [5.41, 5.74) is 7.39. The summed E-state index contributed by atoms with van der Waals surface area (Å²) >= 11 is 3.50. The molecule has 1 aliphatic carbocycles. The Morgan fingerprint density at radius 3 is 2.62 bits per heavy atom. The Bertz CT molecular complexity index is 395. The van der Waals surface area contributed by atoms with Gasteiger partial charge in [0.2, 0.25) is 0 Å². The van der Waals surface area contributed by atoms with Gasteiger partial charge in [-0.05, 0) is 41.1 Å². The molecule has 2 rings (SSSR count). The lowest BCUT2D eigenvalue weighted by atomic mass is 9.73. The minimum absolute atomic E-state index is 0.296. The standard InChI is InChI=1S/C12H20BrN3/c1-8-10(13)11(14)16(15-8)9-6-4-5-7-12(9,2)3/h9H,4-7,14H2,1-3H3. The first-order valence-electron chi connectivity index (χ1n) is 5.93. The summed E-state index contributed by atoms with van der Waals surface area (Å²) in [7, 11) is 0. The van der Waals surface area contributed by atoms with Gasteiger partial charge in [-0.1, -0.05) is 26.7 Å². The molecule has 1 atom stereocenters. The van der Waals surface area contributed by atoms with Crippen molar-refractivity contribution in [2.45, 2.75) is 52.5 Å². The van der Waals surface area contributed by atoms with Gasteiger partial charge in [-0.15, -0.1) is 0 Å². The number of aryl methyl sites for hydroxylation is 1. The van der Waals surface area contributed by atoms with Crippen LogP contribution in [0.1, 0.15) is 51.3 Å². The van der Waals surface area contributed by atoms with Crippen LogP contribution in [0.15, 0.2) is 4.47 Å². The molecule has 0 radical (unpaired) electrons. The molecule has 0 spiro atoms. The van der Waals surface area contributed by atoms with Gasteiger partial charge < -0.3 is 5.73 Å². The second kappa shape index (κ2) is 4.06. The largest absolute Gasteiger partial charge is 0.383 e. The Morgan fingerprint density at radius 1 is 1.44 bits per heavy atom. The lowest BCUT2D eigenvalue weighted by Crippen LogP contribution is -2.31. The number of nitrogens with two attached hydrogens (primary N) is 1. The number of nitrogen functional groups attached to an aromatic ring is 1. The SMILES string of the molecule is Cc1nn(C2CCCCC2(C)C)c(N)c1Br. The fourth-order valence-electron chi connectivity index (χ4n) is 2.71. The monoisotopic (exact) mass is 285 g/mol. The molecule has 16 heavy (non-hydrogen) atoms. The molecule has 1 aromatic rings. The van der Waals surface area contributed by atoms with Crippen LogP contribution in [0.2, 0.25) is 0 Å². The summed E-state index contributed by atoms with van der Waals surface area (Å²) in [6, 6.07) is 0.436. The number of nitrogens with zero attached hydrogens (tertiary/aromatic N) is 2. The van der Waals surface area contributed by atoms with Crippen LogP contribution < -0.4 is 5.73 Å². The predicted molar refractivity (Wildman–Crippen MR) is 70.4 cm³/mol. The first-order valence-corrected chi connectivity index (χ1v) is 6.73. The molecule has 4 heteroatoms. The molecule has 0 amide bonds. The Morgan fingerprint density at radius 2 is 2.12 bits per heavy atom. The van der Waals surface area contributed by atoms with Crippen molar-refractivity contribution in [3.63, 3.8) is 0 Å². The van der Waals surface area contributed by atoms with E-state index in [1.54, 1.807) is 0 Å². The molecule has 1 saturated carbocycles. The average Bonchev–Trinajstić information content (AvgIpc) is 2.46. The van der Waals surface area contributed by atoms with Gasteiger partial charge in [0.05, 0.1) is 16.2 Å². The maximum atomic E-state index is 6.11. The zero-order valence-corrected chi connectivity index (χ0v) is 11.8. The molecule has 1 heterocycles. The van der Waals surface area contributed by atoms with E-state index in [4.69, 9.17) is 5.73 Å². The molecular formula is C12H20BrN3. The van der Waals surface area contributed by atoms with Gasteiger partial charge >= 0.3 is 0 Å². The lowest BCUT2D eigenvalue weighted by Gasteiger charge is -2.39. The Balaban J connectivity index is 2.39. The third-order valence-corrected chi connectivity index (χ3v) is 4.77. The van der Waals surface area contributed by atoms with Gasteiger partial charge in [-0.3, -0.25) is 0 Å². The van der Waals surface area contributed by atoms with Crippen LogP contribution in [-0.4, -0.2) is 9.78 Å². The molecule has 0 aliphatic heterocycles. The first kappa shape index (κ1) is 12.0. The van der Waals surface area contributed by atoms with Crippen LogP contribution in [-0.2, 0) is 0 Å². The molecule has 0 saturated heterocycles. The minimum Gasteiger partial charge on any atom is -0.383 e. The van der Waals surface area contributed by atoms with Crippen LogP contribution in [0.25, 0.3) is 0 Å². The Labute approximate surface area is 106 Å². The summed E-state index contributed by atoms with van der Waals surface area (Å²) in [5.74, 6) is 0.775. The van der Waals surface area contributed by atoms with Crippen molar-refractivity contribution in [2.24, 2.45) is 5.41 Å². The van der Waals surface area contributed by atoms with Gasteiger partial charge in [-0.2, -0.15) is 5.10 Å². The number of hydrogen-bond donors (Lipinski definition) is 1. The molecule has 1 aromatic heterocycles. The van der Waals surface area contributed by atoms with E-state index in [1.165, 1.54) is 25.7 Å². The average molecular weight is 286 g/mol. The second-order valence-electron chi connectivity index (χ2n) is 5.48. The summed E-state index contributed by atoms with van der Waals surface area (Å²) in [4.78, 5) is 0. The number of aromatic nitrogens is 2. The fraction of sp³-hybridized carbons (Fsp3) is 0.750. The fourth-order valence-corrected chi connectivity index (χ4v) is 2.97. The van der Waals surface area contributed by atoms with Crippen LogP contribution in [0, 0.1) is 12.3 Å². The van der Waals surface area contributed by atoms with Crippen LogP contribution in [0.4, 0.5) is 5.82 Å². The third kappa shape index (κ3) is 1.88. The summed E-state index contributed by atoms with van der Waals surface area (Å²) in [6.45, 7) is 6.63. The van der Waals surface area contributed by atoms with Crippen molar-refractivity contribution >= 4 is 21.7 Å². The van der Waals surface area contributed by atoms with E-state index >= 15 is 0 Å². The number of rotatable bonds is 1. The predicted octanol–water partition coefficient (Wildman–Crippen LogP) is 3.68. The highest BCUT2D eigenvalue weighted by Crippen LogP contribution is 2.45. The zero-order chi connectivity index (χ0) is 11.9. The lowest BCUT2D eigenvalue weighted by molar-refractivity contribution is 0.135. The van der Waals surface area contributed by atoms with E-state index in [2.05, 4.69) is 34.9 Å². The number of anilines is 1. The van der Waals surface area contributed by atoms with Crippen molar-refractivity contribution in [3.05, 3.63) is 10.2 Å². The van der Waals surface area contributed by atoms with Crippen molar-refractivity contribution in [1.29, 1.82) is 0 Å². The third-order valence-electron chi connectivity index (χ3n) is 3.79. The van der Waals surface area contributed by atoms with Crippen LogP contribution in [0.5, 0.6) is 0 Å². The molecule has 0 aromatic carbocycles. The maximum absolute atomic E-state index is 6.11. The second-order valence-corrected chi connectivity index (χ2v) is 6.27. The topological polar surface area (TPSA) is 43.8 Å². The zero-order valence-electron chi connectivity index (χ0n) is 10.3. The van der Waals surface area contributed by atoms with Gasteiger partial charge in [0.1, 0.15) is 5.82 Å². The van der Waals surface area contributed by atoms with E-state index in [0.717, 1.165) is 16.0 Å². The quantitative estimate of drug-likeness (QED) is 0.855. The number of hydrogen-bond acceptors (Lipinski definition) is 2. The molecule has 3 nitrogen and oxygen atoms in total. The van der Waals surface area contributed by atoms with Gasteiger partial charge in [0.25, 0.3) is 0 Å². The van der Waals surface area contributed by atoms with E-state index in [0.29, 0.717) is 11.5 Å². The maximum Gasteiger partial charge on any atom is 0.136 e. The van der Waals surface area contributed by atoms with Gasteiger partial charge in [-0.25, -0.2) is 4.68 Å². The van der Waals surface area contributed by atoms with Crippen molar-refractivity contribution in [3.8, 4) is 0 Å². The molecule has 1 fully saturated rings.